The number of rotatable bonds is 18. The van der Waals surface area contributed by atoms with Crippen LogP contribution in [0.25, 0.3) is 0 Å². The topological polar surface area (TPSA) is 40.5 Å². The van der Waals surface area contributed by atoms with Gasteiger partial charge in [-0.1, -0.05) is 121 Å². The first kappa shape index (κ1) is 28.6. The second-order valence-electron chi connectivity index (χ2n) is 8.78. The molecule has 3 nitrogen and oxygen atoms in total. The summed E-state index contributed by atoms with van der Waals surface area (Å²) in [5.74, 6) is -0.879. The second-order valence-corrected chi connectivity index (χ2v) is 8.78. The number of hydrogen-bond donors (Lipinski definition) is 1. The summed E-state index contributed by atoms with van der Waals surface area (Å²) >= 11 is 0. The average Bonchev–Trinajstić information content (AvgIpc) is 2.74. The van der Waals surface area contributed by atoms with Crippen LogP contribution in [0, 0.1) is 0 Å². The van der Waals surface area contributed by atoms with Crippen molar-refractivity contribution in [3.8, 4) is 0 Å². The summed E-state index contributed by atoms with van der Waals surface area (Å²) in [6, 6.07) is 8.30. The number of hydrogen-bond acceptors (Lipinski definition) is 2. The molecule has 30 heavy (non-hydrogen) atoms. The van der Waals surface area contributed by atoms with Crippen molar-refractivity contribution in [3.63, 3.8) is 0 Å². The molecule has 0 spiro atoms. The van der Waals surface area contributed by atoms with E-state index >= 15 is 0 Å². The number of unbranched alkanes of at least 4 members (excludes halogenated alkanes) is 15. The van der Waals surface area contributed by atoms with E-state index in [4.69, 9.17) is 5.11 Å². The van der Waals surface area contributed by atoms with Crippen molar-refractivity contribution < 1.29 is 9.90 Å². The molecule has 0 aromatic heterocycles. The Labute approximate surface area is 187 Å². The van der Waals surface area contributed by atoms with E-state index in [0.717, 1.165) is 0 Å². The summed E-state index contributed by atoms with van der Waals surface area (Å²) in [7, 11) is 4.34. The van der Waals surface area contributed by atoms with Gasteiger partial charge in [0.1, 0.15) is 0 Å². The molecule has 0 bridgehead atoms. The molecule has 0 aliphatic rings. The number of carboxylic acid groups (broad SMARTS) is 1. The van der Waals surface area contributed by atoms with Gasteiger partial charge in [0.05, 0.1) is 5.56 Å². The predicted molar refractivity (Wildman–Crippen MR) is 132 cm³/mol. The molecule has 0 saturated heterocycles. The number of carboxylic acids is 1. The van der Waals surface area contributed by atoms with E-state index in [1.165, 1.54) is 109 Å². The largest absolute Gasteiger partial charge is 0.478 e. The van der Waals surface area contributed by atoms with Gasteiger partial charge in [-0.25, -0.2) is 4.79 Å². The second kappa shape index (κ2) is 22.3. The predicted octanol–water partition coefficient (Wildman–Crippen LogP) is 8.19. The molecule has 1 aromatic rings. The normalized spacial score (nSPS) is 10.7. The molecule has 0 aliphatic carbocycles. The minimum absolute atomic E-state index is 0.331. The fourth-order valence-electron chi connectivity index (χ4n) is 3.56. The summed E-state index contributed by atoms with van der Waals surface area (Å²) in [4.78, 5) is 12.5. The van der Waals surface area contributed by atoms with Crippen LogP contribution in [0.15, 0.2) is 30.3 Å². The number of nitrogens with zero attached hydrogens (tertiary/aromatic N) is 1. The van der Waals surface area contributed by atoms with Gasteiger partial charge in [0.15, 0.2) is 0 Å². The third-order valence-electron chi connectivity index (χ3n) is 5.48. The van der Waals surface area contributed by atoms with Crippen LogP contribution < -0.4 is 0 Å². The fourth-order valence-corrected chi connectivity index (χ4v) is 3.56. The maximum absolute atomic E-state index is 10.2. The Morgan fingerprint density at radius 1 is 0.667 bits per heavy atom. The summed E-state index contributed by atoms with van der Waals surface area (Å²) in [6.45, 7) is 3.56. The number of benzene rings is 1. The Kier molecular flexibility index (Phi) is 21.3. The van der Waals surface area contributed by atoms with Crippen LogP contribution in [-0.2, 0) is 0 Å². The highest BCUT2D eigenvalue weighted by Crippen LogP contribution is 2.13. The molecule has 0 saturated carbocycles. The number of carbonyl (C=O) groups is 1. The fraction of sp³-hybridized carbons (Fsp3) is 0.741. The van der Waals surface area contributed by atoms with Crippen LogP contribution in [0.3, 0.4) is 0 Å². The lowest BCUT2D eigenvalue weighted by Gasteiger charge is -2.08. The lowest BCUT2D eigenvalue weighted by Crippen LogP contribution is -2.12. The molecule has 0 unspecified atom stereocenters. The molecule has 1 rings (SSSR count). The van der Waals surface area contributed by atoms with Crippen molar-refractivity contribution in [3.05, 3.63) is 35.9 Å². The summed E-state index contributed by atoms with van der Waals surface area (Å²) in [5.41, 5.74) is 0.331. The summed E-state index contributed by atoms with van der Waals surface area (Å²) < 4.78 is 0. The molecule has 174 valence electrons. The molecule has 0 radical (unpaired) electrons. The van der Waals surface area contributed by atoms with Gasteiger partial charge in [-0.3, -0.25) is 0 Å². The van der Waals surface area contributed by atoms with Crippen LogP contribution in [0.4, 0.5) is 0 Å². The van der Waals surface area contributed by atoms with Crippen molar-refractivity contribution in [1.29, 1.82) is 0 Å². The first-order valence-corrected chi connectivity index (χ1v) is 12.5. The zero-order valence-corrected chi connectivity index (χ0v) is 20.2. The number of aromatic carboxylic acids is 1. The Balaban J connectivity index is 0.000000769. The first-order valence-electron chi connectivity index (χ1n) is 12.5. The van der Waals surface area contributed by atoms with Gasteiger partial charge in [-0.2, -0.15) is 0 Å². The lowest BCUT2D eigenvalue weighted by molar-refractivity contribution is 0.0697. The Bertz CT molecular complexity index is 473. The zero-order valence-electron chi connectivity index (χ0n) is 20.2. The Morgan fingerprint density at radius 3 is 1.33 bits per heavy atom. The molecular formula is C27H49NO2. The van der Waals surface area contributed by atoms with Gasteiger partial charge < -0.3 is 10.0 Å². The average molecular weight is 420 g/mol. The van der Waals surface area contributed by atoms with Crippen molar-refractivity contribution in [2.75, 3.05) is 20.6 Å². The monoisotopic (exact) mass is 419 g/mol. The van der Waals surface area contributed by atoms with Crippen LogP contribution in [0.2, 0.25) is 0 Å². The first-order chi connectivity index (χ1) is 14.6. The molecule has 0 fully saturated rings. The minimum Gasteiger partial charge on any atom is -0.478 e. The quantitative estimate of drug-likeness (QED) is 0.244. The van der Waals surface area contributed by atoms with E-state index in [1.807, 2.05) is 0 Å². The molecule has 0 amide bonds. The lowest BCUT2D eigenvalue weighted by atomic mass is 10.0. The van der Waals surface area contributed by atoms with Gasteiger partial charge >= 0.3 is 5.97 Å². The van der Waals surface area contributed by atoms with Crippen molar-refractivity contribution in [2.45, 2.75) is 110 Å². The van der Waals surface area contributed by atoms with Gasteiger partial charge in [-0.05, 0) is 39.2 Å². The Hall–Kier alpha value is -1.35. The van der Waals surface area contributed by atoms with E-state index in [1.54, 1.807) is 30.3 Å². The van der Waals surface area contributed by atoms with Crippen LogP contribution in [0.1, 0.15) is 120 Å². The molecule has 0 atom stereocenters. The maximum atomic E-state index is 10.2. The summed E-state index contributed by atoms with van der Waals surface area (Å²) in [5, 5.41) is 8.38. The summed E-state index contributed by atoms with van der Waals surface area (Å²) in [6.07, 6.45) is 23.3. The van der Waals surface area contributed by atoms with Crippen molar-refractivity contribution in [2.24, 2.45) is 0 Å². The molecule has 1 N–H and O–H groups in total. The van der Waals surface area contributed by atoms with E-state index in [9.17, 15) is 4.79 Å². The molecule has 0 aliphatic heterocycles. The highest BCUT2D eigenvalue weighted by molar-refractivity contribution is 5.87. The SMILES string of the molecule is CCCCCCCCCCCCCCCCCCN(C)C.O=C(O)c1ccccc1. The highest BCUT2D eigenvalue weighted by Gasteiger charge is 1.97. The zero-order chi connectivity index (χ0) is 22.3. The molecule has 1 aromatic carbocycles. The van der Waals surface area contributed by atoms with Gasteiger partial charge in [0.2, 0.25) is 0 Å². The standard InChI is InChI=1S/C20H43N.C7H6O2/c1-4-5-6-7-8-9-10-11-12-13-14-15-16-17-18-19-20-21(2)3;8-7(9)6-4-2-1-3-5-6/h4-20H2,1-3H3;1-5H,(H,8,9). The van der Waals surface area contributed by atoms with Crippen molar-refractivity contribution >= 4 is 5.97 Å². The van der Waals surface area contributed by atoms with Gasteiger partial charge in [-0.15, -0.1) is 0 Å². The van der Waals surface area contributed by atoms with E-state index in [2.05, 4.69) is 25.9 Å². The smallest absolute Gasteiger partial charge is 0.335 e. The van der Waals surface area contributed by atoms with Gasteiger partial charge in [0.25, 0.3) is 0 Å². The molecular weight excluding hydrogens is 370 g/mol. The molecule has 3 heteroatoms. The third-order valence-corrected chi connectivity index (χ3v) is 5.48. The highest BCUT2D eigenvalue weighted by atomic mass is 16.4. The van der Waals surface area contributed by atoms with Gasteiger partial charge in [0, 0.05) is 0 Å². The van der Waals surface area contributed by atoms with Crippen LogP contribution in [-0.4, -0.2) is 36.6 Å². The van der Waals surface area contributed by atoms with E-state index in [0.29, 0.717) is 5.56 Å². The van der Waals surface area contributed by atoms with E-state index < -0.39 is 5.97 Å². The minimum atomic E-state index is -0.879. The van der Waals surface area contributed by atoms with E-state index in [-0.39, 0.29) is 0 Å². The maximum Gasteiger partial charge on any atom is 0.335 e. The third kappa shape index (κ3) is 21.4. The molecule has 0 heterocycles. The Morgan fingerprint density at radius 2 is 1.03 bits per heavy atom. The van der Waals surface area contributed by atoms with Crippen LogP contribution in [0.5, 0.6) is 0 Å². The van der Waals surface area contributed by atoms with Crippen molar-refractivity contribution in [1.82, 2.24) is 4.90 Å². The van der Waals surface area contributed by atoms with Crippen LogP contribution >= 0.6 is 0 Å².